The van der Waals surface area contributed by atoms with Crippen LogP contribution in [0.5, 0.6) is 17.2 Å². The van der Waals surface area contributed by atoms with E-state index in [4.69, 9.17) is 35.3 Å². The van der Waals surface area contributed by atoms with Gasteiger partial charge in [-0.05, 0) is 30.3 Å². The summed E-state index contributed by atoms with van der Waals surface area (Å²) in [7, 11) is 3.17. The fourth-order valence-corrected chi connectivity index (χ4v) is 3.84. The molecule has 0 saturated carbocycles. The molecule has 2 aromatic rings. The van der Waals surface area contributed by atoms with Crippen LogP contribution < -0.4 is 14.2 Å². The Morgan fingerprint density at radius 1 is 0.967 bits per heavy atom. The molecule has 1 amide bonds. The lowest BCUT2D eigenvalue weighted by Gasteiger charge is -2.20. The van der Waals surface area contributed by atoms with Crippen LogP contribution in [-0.4, -0.2) is 69.6 Å². The van der Waals surface area contributed by atoms with Crippen molar-refractivity contribution in [1.29, 1.82) is 0 Å². The molecular weight excluding hydrogens is 410 g/mol. The molecule has 2 saturated heterocycles. The topological polar surface area (TPSA) is 66.5 Å². The molecule has 2 heterocycles. The van der Waals surface area contributed by atoms with Gasteiger partial charge in [0.15, 0.2) is 0 Å². The van der Waals surface area contributed by atoms with E-state index in [-0.39, 0.29) is 24.2 Å². The van der Waals surface area contributed by atoms with Gasteiger partial charge >= 0.3 is 0 Å². The predicted octanol–water partition coefficient (Wildman–Crippen LogP) is 3.04. The third kappa shape index (κ3) is 4.48. The van der Waals surface area contributed by atoms with Crippen molar-refractivity contribution < 1.29 is 28.5 Å². The molecule has 0 radical (unpaired) electrons. The lowest BCUT2D eigenvalue weighted by Crippen LogP contribution is -2.33. The summed E-state index contributed by atoms with van der Waals surface area (Å²) in [5, 5.41) is 0.390. The zero-order chi connectivity index (χ0) is 21.1. The number of benzene rings is 2. The van der Waals surface area contributed by atoms with Gasteiger partial charge in [-0.15, -0.1) is 0 Å². The normalized spacial score (nSPS) is 21.6. The maximum Gasteiger partial charge on any atom is 0.255 e. The van der Waals surface area contributed by atoms with E-state index in [2.05, 4.69) is 0 Å². The van der Waals surface area contributed by atoms with Crippen LogP contribution >= 0.6 is 11.6 Å². The SMILES string of the molecule is COc1cccc(OC2CO[C@H]3CN(C(=O)c4cc(OC)ccc4Cl)C[C@@H]3OC2)c1. The van der Waals surface area contributed by atoms with Gasteiger partial charge in [0.05, 0.1) is 38.0 Å². The highest BCUT2D eigenvalue weighted by Crippen LogP contribution is 2.28. The van der Waals surface area contributed by atoms with E-state index in [1.54, 1.807) is 37.3 Å². The number of halogens is 1. The Hall–Kier alpha value is -2.48. The van der Waals surface area contributed by atoms with Gasteiger partial charge in [0, 0.05) is 19.2 Å². The van der Waals surface area contributed by atoms with E-state index in [0.717, 1.165) is 5.75 Å². The Morgan fingerprint density at radius 2 is 1.60 bits per heavy atom. The summed E-state index contributed by atoms with van der Waals surface area (Å²) in [5.41, 5.74) is 0.409. The number of ether oxygens (including phenoxy) is 5. The van der Waals surface area contributed by atoms with Crippen LogP contribution in [0.15, 0.2) is 42.5 Å². The van der Waals surface area contributed by atoms with Gasteiger partial charge in [0.1, 0.15) is 35.6 Å². The number of likely N-dealkylation sites (tertiary alicyclic amines) is 1. The highest BCUT2D eigenvalue weighted by Gasteiger charge is 2.40. The van der Waals surface area contributed by atoms with E-state index >= 15 is 0 Å². The molecule has 0 aromatic heterocycles. The minimum Gasteiger partial charge on any atom is -0.497 e. The molecule has 0 unspecified atom stereocenters. The van der Waals surface area contributed by atoms with Crippen molar-refractivity contribution in [1.82, 2.24) is 4.90 Å². The Morgan fingerprint density at radius 3 is 2.27 bits per heavy atom. The summed E-state index contributed by atoms with van der Waals surface area (Å²) in [6.45, 7) is 1.62. The summed E-state index contributed by atoms with van der Waals surface area (Å²) in [6.07, 6.45) is -0.658. The van der Waals surface area contributed by atoms with Crippen molar-refractivity contribution in [3.8, 4) is 17.2 Å². The van der Waals surface area contributed by atoms with Crippen molar-refractivity contribution in [3.63, 3.8) is 0 Å². The summed E-state index contributed by atoms with van der Waals surface area (Å²) in [4.78, 5) is 14.7. The number of methoxy groups -OCH3 is 2. The summed E-state index contributed by atoms with van der Waals surface area (Å²) < 4.78 is 28.5. The van der Waals surface area contributed by atoms with Gasteiger partial charge in [0.2, 0.25) is 0 Å². The van der Waals surface area contributed by atoms with Crippen LogP contribution in [0, 0.1) is 0 Å². The molecule has 0 spiro atoms. The fraction of sp³-hybridized carbons (Fsp3) is 0.409. The third-order valence-corrected chi connectivity index (χ3v) is 5.57. The standard InChI is InChI=1S/C22H24ClNO6/c1-26-14-4-3-5-16(8-14)30-17-12-28-20-10-24(11-21(20)29-13-17)22(25)18-9-15(27-2)6-7-19(18)23/h3-9,17,20-21H,10-13H2,1-2H3/t20-,21-/m0/s1. The number of hydrogen-bond acceptors (Lipinski definition) is 6. The van der Waals surface area contributed by atoms with Gasteiger partial charge in [-0.25, -0.2) is 0 Å². The first-order valence-electron chi connectivity index (χ1n) is 9.74. The Kier molecular flexibility index (Phi) is 6.32. The highest BCUT2D eigenvalue weighted by atomic mass is 35.5. The third-order valence-electron chi connectivity index (χ3n) is 5.24. The Balaban J connectivity index is 1.37. The Bertz CT molecular complexity index is 891. The number of hydrogen-bond donors (Lipinski definition) is 0. The summed E-state index contributed by atoms with van der Waals surface area (Å²) in [6, 6.07) is 12.5. The number of carbonyl (C=O) groups excluding carboxylic acids is 1. The zero-order valence-electron chi connectivity index (χ0n) is 16.9. The van der Waals surface area contributed by atoms with Crippen LogP contribution in [0.25, 0.3) is 0 Å². The highest BCUT2D eigenvalue weighted by molar-refractivity contribution is 6.33. The molecule has 0 aliphatic carbocycles. The van der Waals surface area contributed by atoms with Crippen LogP contribution in [0.1, 0.15) is 10.4 Å². The van der Waals surface area contributed by atoms with E-state index in [1.165, 1.54) is 0 Å². The molecule has 2 aliphatic rings. The molecule has 2 aromatic carbocycles. The second-order valence-corrected chi connectivity index (χ2v) is 7.63. The average Bonchev–Trinajstić information content (AvgIpc) is 3.09. The van der Waals surface area contributed by atoms with Crippen LogP contribution in [0.2, 0.25) is 5.02 Å². The molecule has 0 bridgehead atoms. The first-order chi connectivity index (χ1) is 14.6. The number of amides is 1. The molecule has 30 heavy (non-hydrogen) atoms. The molecule has 2 fully saturated rings. The van der Waals surface area contributed by atoms with Gasteiger partial charge < -0.3 is 28.6 Å². The second-order valence-electron chi connectivity index (χ2n) is 7.22. The van der Waals surface area contributed by atoms with Crippen molar-refractivity contribution in [2.75, 3.05) is 40.5 Å². The largest absolute Gasteiger partial charge is 0.497 e. The predicted molar refractivity (Wildman–Crippen MR) is 111 cm³/mol. The first kappa shape index (κ1) is 20.8. The minimum atomic E-state index is -0.236. The van der Waals surface area contributed by atoms with Gasteiger partial charge in [-0.3, -0.25) is 4.79 Å². The zero-order valence-corrected chi connectivity index (χ0v) is 17.6. The van der Waals surface area contributed by atoms with E-state index < -0.39 is 0 Å². The lowest BCUT2D eigenvalue weighted by molar-refractivity contribution is -0.00461. The van der Waals surface area contributed by atoms with Crippen molar-refractivity contribution in [3.05, 3.63) is 53.1 Å². The summed E-state index contributed by atoms with van der Waals surface area (Å²) >= 11 is 6.23. The maximum atomic E-state index is 13.0. The molecule has 7 nitrogen and oxygen atoms in total. The average molecular weight is 434 g/mol. The van der Waals surface area contributed by atoms with Gasteiger partial charge in [-0.1, -0.05) is 17.7 Å². The Labute approximate surface area is 180 Å². The second kappa shape index (κ2) is 9.12. The number of rotatable bonds is 5. The molecule has 0 N–H and O–H groups in total. The van der Waals surface area contributed by atoms with Gasteiger partial charge in [-0.2, -0.15) is 0 Å². The number of fused-ring (bicyclic) bond motifs is 1. The number of nitrogens with zero attached hydrogens (tertiary/aromatic N) is 1. The fourth-order valence-electron chi connectivity index (χ4n) is 3.64. The monoisotopic (exact) mass is 433 g/mol. The minimum absolute atomic E-state index is 0.164. The molecular formula is C22H24ClNO6. The van der Waals surface area contributed by atoms with Crippen LogP contribution in [-0.2, 0) is 9.47 Å². The van der Waals surface area contributed by atoms with E-state index in [1.807, 2.05) is 24.3 Å². The van der Waals surface area contributed by atoms with Crippen molar-refractivity contribution in [2.45, 2.75) is 18.3 Å². The van der Waals surface area contributed by atoms with Crippen LogP contribution in [0.3, 0.4) is 0 Å². The quantitative estimate of drug-likeness (QED) is 0.722. The number of carbonyl (C=O) groups is 1. The lowest BCUT2D eigenvalue weighted by atomic mass is 10.2. The van der Waals surface area contributed by atoms with E-state index in [9.17, 15) is 4.79 Å². The molecule has 160 valence electrons. The molecule has 4 rings (SSSR count). The first-order valence-corrected chi connectivity index (χ1v) is 10.1. The maximum absolute atomic E-state index is 13.0. The summed E-state index contributed by atoms with van der Waals surface area (Å²) in [5.74, 6) is 1.85. The van der Waals surface area contributed by atoms with Crippen molar-refractivity contribution >= 4 is 17.5 Å². The van der Waals surface area contributed by atoms with Gasteiger partial charge in [0.25, 0.3) is 5.91 Å². The van der Waals surface area contributed by atoms with E-state index in [0.29, 0.717) is 48.4 Å². The van der Waals surface area contributed by atoms with Crippen LogP contribution in [0.4, 0.5) is 0 Å². The molecule has 2 atom stereocenters. The van der Waals surface area contributed by atoms with Crippen molar-refractivity contribution in [2.24, 2.45) is 0 Å². The molecule has 8 heteroatoms. The smallest absolute Gasteiger partial charge is 0.255 e. The molecule has 2 aliphatic heterocycles.